The maximum absolute atomic E-state index is 5.57. The van der Waals surface area contributed by atoms with Gasteiger partial charge in [-0.15, -0.1) is 0 Å². The number of nitrogens with zero attached hydrogens (tertiary/aromatic N) is 1. The van der Waals surface area contributed by atoms with E-state index in [1.54, 1.807) is 7.05 Å². The number of rotatable bonds is 2. The molecule has 0 aliphatic heterocycles. The van der Waals surface area contributed by atoms with Crippen LogP contribution >= 0.6 is 15.9 Å². The summed E-state index contributed by atoms with van der Waals surface area (Å²) in [5.74, 6) is 0. The van der Waals surface area contributed by atoms with E-state index < -0.39 is 0 Å². The van der Waals surface area contributed by atoms with Crippen molar-refractivity contribution < 1.29 is 0 Å². The maximum Gasteiger partial charge on any atom is 0.0496 e. The Morgan fingerprint density at radius 2 is 2.00 bits per heavy atom. The van der Waals surface area contributed by atoms with Crippen LogP contribution in [0.5, 0.6) is 0 Å². The van der Waals surface area contributed by atoms with E-state index >= 15 is 0 Å². The Kier molecular flexibility index (Phi) is 4.36. The zero-order chi connectivity index (χ0) is 8.15. The molecule has 0 spiro atoms. The second-order valence-corrected chi connectivity index (χ2v) is 2.67. The van der Waals surface area contributed by atoms with Gasteiger partial charge in [-0.05, 0) is 19.4 Å². The third-order valence-electron chi connectivity index (χ3n) is 1.42. The normalized spacial score (nSPS) is 15.0. The summed E-state index contributed by atoms with van der Waals surface area (Å²) in [6, 6.07) is 0. The van der Waals surface area contributed by atoms with E-state index in [2.05, 4.69) is 20.9 Å². The lowest BCUT2D eigenvalue weighted by Gasteiger charge is -2.02. The molecular weight excluding hydrogens is 192 g/mol. The quantitative estimate of drug-likeness (QED) is 0.540. The molecule has 0 heterocycles. The van der Waals surface area contributed by atoms with Crippen LogP contribution in [0.4, 0.5) is 0 Å². The summed E-state index contributed by atoms with van der Waals surface area (Å²) in [4.78, 5) is 4.06. The molecule has 0 unspecified atom stereocenters. The molecule has 0 fully saturated rings. The molecule has 0 aliphatic rings. The van der Waals surface area contributed by atoms with Gasteiger partial charge in [-0.1, -0.05) is 15.9 Å². The minimum Gasteiger partial charge on any atom is -0.402 e. The highest BCUT2D eigenvalue weighted by Crippen LogP contribution is 2.02. The standard InChI is InChI=1S/C7H13BrN2/c1-5(6(2)9)7(4-8)10-3/h4,9H2,1-3H3/b6-5-,10-7?. The van der Waals surface area contributed by atoms with Crippen LogP contribution < -0.4 is 5.73 Å². The van der Waals surface area contributed by atoms with Crippen LogP contribution in [-0.4, -0.2) is 18.1 Å². The monoisotopic (exact) mass is 204 g/mol. The minimum atomic E-state index is 0.768. The van der Waals surface area contributed by atoms with Crippen LogP contribution in [-0.2, 0) is 0 Å². The fourth-order valence-corrected chi connectivity index (χ4v) is 1.23. The van der Waals surface area contributed by atoms with Crippen molar-refractivity contribution in [3.8, 4) is 0 Å². The first-order valence-corrected chi connectivity index (χ1v) is 4.20. The first kappa shape index (κ1) is 9.69. The Hall–Kier alpha value is -0.310. The summed E-state index contributed by atoms with van der Waals surface area (Å²) in [6.45, 7) is 3.85. The Morgan fingerprint density at radius 1 is 1.50 bits per heavy atom. The minimum absolute atomic E-state index is 0.768. The molecule has 0 aliphatic carbocycles. The highest BCUT2D eigenvalue weighted by Gasteiger charge is 1.99. The van der Waals surface area contributed by atoms with Gasteiger partial charge in [0, 0.05) is 23.8 Å². The van der Waals surface area contributed by atoms with E-state index in [0.29, 0.717) is 0 Å². The van der Waals surface area contributed by atoms with Gasteiger partial charge in [-0.3, -0.25) is 4.99 Å². The number of aliphatic imine (C=N–C) groups is 1. The van der Waals surface area contributed by atoms with Crippen molar-refractivity contribution in [2.45, 2.75) is 13.8 Å². The number of hydrogen-bond acceptors (Lipinski definition) is 2. The van der Waals surface area contributed by atoms with Gasteiger partial charge in [-0.25, -0.2) is 0 Å². The molecule has 0 aromatic heterocycles. The highest BCUT2D eigenvalue weighted by molar-refractivity contribution is 9.09. The van der Waals surface area contributed by atoms with Crippen molar-refractivity contribution in [2.75, 3.05) is 12.4 Å². The lowest BCUT2D eigenvalue weighted by Crippen LogP contribution is -2.07. The van der Waals surface area contributed by atoms with Gasteiger partial charge < -0.3 is 5.73 Å². The molecule has 0 saturated heterocycles. The number of hydrogen-bond donors (Lipinski definition) is 1. The molecule has 0 saturated carbocycles. The summed E-state index contributed by atoms with van der Waals surface area (Å²) in [6.07, 6.45) is 0. The van der Waals surface area contributed by atoms with Gasteiger partial charge >= 0.3 is 0 Å². The van der Waals surface area contributed by atoms with Crippen molar-refractivity contribution in [1.82, 2.24) is 0 Å². The predicted molar refractivity (Wildman–Crippen MR) is 49.7 cm³/mol. The second-order valence-electron chi connectivity index (χ2n) is 2.11. The van der Waals surface area contributed by atoms with Crippen molar-refractivity contribution in [1.29, 1.82) is 0 Å². The topological polar surface area (TPSA) is 38.4 Å². The summed E-state index contributed by atoms with van der Waals surface area (Å²) < 4.78 is 0. The molecule has 0 bridgehead atoms. The lowest BCUT2D eigenvalue weighted by molar-refractivity contribution is 1.24. The van der Waals surface area contributed by atoms with Gasteiger partial charge in [0.2, 0.25) is 0 Å². The molecule has 2 N–H and O–H groups in total. The number of halogens is 1. The number of nitrogens with two attached hydrogens (primary N) is 1. The van der Waals surface area contributed by atoms with E-state index in [-0.39, 0.29) is 0 Å². The SMILES string of the molecule is CN=C(CBr)/C(C)=C(/C)N. The number of alkyl halides is 1. The molecule has 0 atom stereocenters. The Bertz CT molecular complexity index is 166. The Morgan fingerprint density at radius 3 is 2.10 bits per heavy atom. The van der Waals surface area contributed by atoms with Gasteiger partial charge in [0.25, 0.3) is 0 Å². The van der Waals surface area contributed by atoms with Crippen molar-refractivity contribution >= 4 is 21.6 Å². The molecule has 3 heteroatoms. The Labute approximate surface area is 70.3 Å². The molecule has 0 radical (unpaired) electrons. The van der Waals surface area contributed by atoms with Crippen LogP contribution in [0.3, 0.4) is 0 Å². The molecule has 0 aromatic rings. The molecule has 2 nitrogen and oxygen atoms in total. The molecular formula is C7H13BrN2. The zero-order valence-electron chi connectivity index (χ0n) is 6.61. The van der Waals surface area contributed by atoms with Gasteiger partial charge in [0.1, 0.15) is 0 Å². The van der Waals surface area contributed by atoms with Crippen LogP contribution in [0.1, 0.15) is 13.8 Å². The summed E-state index contributed by atoms with van der Waals surface area (Å²) in [5.41, 5.74) is 8.48. The second kappa shape index (κ2) is 4.50. The first-order chi connectivity index (χ1) is 4.63. The molecule has 0 aromatic carbocycles. The summed E-state index contributed by atoms with van der Waals surface area (Å²) in [5, 5.41) is 0.768. The van der Waals surface area contributed by atoms with Crippen LogP contribution in [0.15, 0.2) is 16.3 Å². The lowest BCUT2D eigenvalue weighted by atomic mass is 10.2. The highest BCUT2D eigenvalue weighted by atomic mass is 79.9. The van der Waals surface area contributed by atoms with Crippen LogP contribution in [0.2, 0.25) is 0 Å². The van der Waals surface area contributed by atoms with Crippen molar-refractivity contribution in [2.24, 2.45) is 10.7 Å². The average molecular weight is 205 g/mol. The van der Waals surface area contributed by atoms with Gasteiger partial charge in [-0.2, -0.15) is 0 Å². The average Bonchev–Trinajstić information content (AvgIpc) is 1.90. The molecule has 10 heavy (non-hydrogen) atoms. The van der Waals surface area contributed by atoms with E-state index in [4.69, 9.17) is 5.73 Å². The van der Waals surface area contributed by atoms with Crippen LogP contribution in [0, 0.1) is 0 Å². The molecule has 0 amide bonds. The molecule has 58 valence electrons. The van der Waals surface area contributed by atoms with E-state index in [9.17, 15) is 0 Å². The Balaban J connectivity index is 4.48. The van der Waals surface area contributed by atoms with Crippen molar-refractivity contribution in [3.63, 3.8) is 0 Å². The van der Waals surface area contributed by atoms with E-state index in [0.717, 1.165) is 22.3 Å². The molecule has 0 rings (SSSR count). The fourth-order valence-electron chi connectivity index (χ4n) is 0.555. The van der Waals surface area contributed by atoms with E-state index in [1.807, 2.05) is 13.8 Å². The smallest absolute Gasteiger partial charge is 0.0496 e. The van der Waals surface area contributed by atoms with Crippen LogP contribution in [0.25, 0.3) is 0 Å². The summed E-state index contributed by atoms with van der Waals surface area (Å²) in [7, 11) is 1.77. The zero-order valence-corrected chi connectivity index (χ0v) is 8.20. The van der Waals surface area contributed by atoms with Gasteiger partial charge in [0.15, 0.2) is 0 Å². The third-order valence-corrected chi connectivity index (χ3v) is 1.95. The number of allylic oxidation sites excluding steroid dienone is 2. The third kappa shape index (κ3) is 2.52. The fraction of sp³-hybridized carbons (Fsp3) is 0.571. The maximum atomic E-state index is 5.57. The predicted octanol–water partition coefficient (Wildman–Crippen LogP) is 1.70. The van der Waals surface area contributed by atoms with Crippen molar-refractivity contribution in [3.05, 3.63) is 11.3 Å². The first-order valence-electron chi connectivity index (χ1n) is 3.08. The summed E-state index contributed by atoms with van der Waals surface area (Å²) >= 11 is 3.32. The van der Waals surface area contributed by atoms with E-state index in [1.165, 1.54) is 0 Å². The largest absolute Gasteiger partial charge is 0.402 e. The van der Waals surface area contributed by atoms with Gasteiger partial charge in [0.05, 0.1) is 0 Å².